The molecule has 0 rings (SSSR count). The summed E-state index contributed by atoms with van der Waals surface area (Å²) >= 11 is 0. The van der Waals surface area contributed by atoms with E-state index in [2.05, 4.69) is 6.58 Å². The molecule has 0 saturated carbocycles. The first-order chi connectivity index (χ1) is 11.2. The van der Waals surface area contributed by atoms with Crippen LogP contribution in [0.2, 0.25) is 5.54 Å². The summed E-state index contributed by atoms with van der Waals surface area (Å²) in [7, 11) is 0.926. The lowest BCUT2D eigenvalue weighted by Crippen LogP contribution is -2.57. The Morgan fingerprint density at radius 2 is 1.25 bits per heavy atom. The molecule has 0 aliphatic heterocycles. The summed E-state index contributed by atoms with van der Waals surface area (Å²) in [5, 5.41) is 0. The Hall–Kier alpha value is -0.613. The minimum absolute atomic E-state index is 0.168. The molecular formula is C16H32O7Si. The second-order valence-electron chi connectivity index (χ2n) is 5.47. The fourth-order valence-electron chi connectivity index (χ4n) is 2.06. The number of carbonyl (C=O) groups excluding carboxylic acids is 1. The van der Waals surface area contributed by atoms with Gasteiger partial charge in [0.1, 0.15) is 18.9 Å². The number of ketones is 1. The normalized spacial score (nSPS) is 19.2. The van der Waals surface area contributed by atoms with E-state index in [1.807, 2.05) is 6.92 Å². The van der Waals surface area contributed by atoms with Crippen molar-refractivity contribution in [3.05, 3.63) is 12.2 Å². The van der Waals surface area contributed by atoms with E-state index in [0.29, 0.717) is 12.0 Å². The molecule has 0 radical (unpaired) electrons. The number of rotatable bonds is 13. The highest BCUT2D eigenvalue weighted by molar-refractivity contribution is 6.67. The molecule has 142 valence electrons. The fraction of sp³-hybridized carbons (Fsp3) is 0.812. The van der Waals surface area contributed by atoms with Crippen LogP contribution in [0.25, 0.3) is 0 Å². The van der Waals surface area contributed by atoms with E-state index >= 15 is 0 Å². The first kappa shape index (κ1) is 23.4. The Morgan fingerprint density at radius 1 is 0.917 bits per heavy atom. The molecule has 0 saturated heterocycles. The molecule has 4 unspecified atom stereocenters. The monoisotopic (exact) mass is 364 g/mol. The number of carbonyl (C=O) groups is 1. The van der Waals surface area contributed by atoms with Crippen LogP contribution >= 0.6 is 0 Å². The molecule has 24 heavy (non-hydrogen) atoms. The summed E-state index contributed by atoms with van der Waals surface area (Å²) < 4.78 is 33.6. The molecule has 0 fully saturated rings. The first-order valence-corrected chi connectivity index (χ1v) is 9.79. The molecule has 0 spiro atoms. The van der Waals surface area contributed by atoms with Crippen molar-refractivity contribution < 1.29 is 32.3 Å². The summed E-state index contributed by atoms with van der Waals surface area (Å²) in [6.07, 6.45) is -1.42. The zero-order chi connectivity index (χ0) is 18.9. The Labute approximate surface area is 146 Å². The maximum atomic E-state index is 12.7. The van der Waals surface area contributed by atoms with E-state index in [-0.39, 0.29) is 5.78 Å². The van der Waals surface area contributed by atoms with Gasteiger partial charge in [-0.3, -0.25) is 4.79 Å². The fourth-order valence-corrected chi connectivity index (χ4v) is 5.47. The molecular weight excluding hydrogens is 332 g/mol. The van der Waals surface area contributed by atoms with Crippen molar-refractivity contribution in [3.63, 3.8) is 0 Å². The average molecular weight is 365 g/mol. The van der Waals surface area contributed by atoms with Crippen molar-refractivity contribution in [1.82, 2.24) is 0 Å². The van der Waals surface area contributed by atoms with Gasteiger partial charge in [0.25, 0.3) is 0 Å². The van der Waals surface area contributed by atoms with Crippen LogP contribution in [0, 0.1) is 0 Å². The van der Waals surface area contributed by atoms with E-state index in [1.54, 1.807) is 27.7 Å². The molecule has 8 heteroatoms. The first-order valence-electron chi connectivity index (χ1n) is 7.98. The summed E-state index contributed by atoms with van der Waals surface area (Å²) in [6, 6.07) is 0. The molecule has 0 aromatic rings. The SMILES string of the molecule is C=C(C)C(=O)C(CC)[Si](OC(C)OC)(OC(C)OC)OC(C)OC. The van der Waals surface area contributed by atoms with Crippen LogP contribution in [0.4, 0.5) is 0 Å². The lowest BCUT2D eigenvalue weighted by Gasteiger charge is -2.39. The number of allylic oxidation sites excluding steroid dienone is 1. The topological polar surface area (TPSA) is 72.5 Å². The van der Waals surface area contributed by atoms with Crippen LogP contribution in [0.3, 0.4) is 0 Å². The van der Waals surface area contributed by atoms with Gasteiger partial charge in [-0.05, 0) is 39.7 Å². The molecule has 7 nitrogen and oxygen atoms in total. The molecule has 0 amide bonds. The third-order valence-corrected chi connectivity index (χ3v) is 7.06. The summed E-state index contributed by atoms with van der Waals surface area (Å²) in [4.78, 5) is 12.7. The lowest BCUT2D eigenvalue weighted by molar-refractivity contribution is -0.167. The molecule has 0 aliphatic rings. The second-order valence-corrected chi connectivity index (χ2v) is 8.08. The smallest absolute Gasteiger partial charge is 0.357 e. The summed E-state index contributed by atoms with van der Waals surface area (Å²) in [5.41, 5.74) is -0.225. The van der Waals surface area contributed by atoms with Gasteiger partial charge in [0.15, 0.2) is 5.78 Å². The van der Waals surface area contributed by atoms with Gasteiger partial charge >= 0.3 is 8.80 Å². The van der Waals surface area contributed by atoms with Crippen LogP contribution in [-0.2, 0) is 32.3 Å². The highest BCUT2D eigenvalue weighted by atomic mass is 28.4. The molecule has 0 heterocycles. The predicted octanol–water partition coefficient (Wildman–Crippen LogP) is 2.88. The number of Topliss-reactive ketones (excluding diaryl/α,β-unsaturated/α-hetero) is 1. The average Bonchev–Trinajstić information content (AvgIpc) is 2.54. The van der Waals surface area contributed by atoms with Crippen molar-refractivity contribution in [2.75, 3.05) is 21.3 Å². The summed E-state index contributed by atoms with van der Waals surface area (Å²) in [5.74, 6) is -0.168. The molecule has 4 atom stereocenters. The van der Waals surface area contributed by atoms with E-state index in [0.717, 1.165) is 0 Å². The Balaban J connectivity index is 5.98. The molecule has 0 aromatic heterocycles. The zero-order valence-electron chi connectivity index (χ0n) is 16.1. The van der Waals surface area contributed by atoms with Gasteiger partial charge < -0.3 is 27.5 Å². The molecule has 0 bridgehead atoms. The van der Waals surface area contributed by atoms with E-state index in [1.165, 1.54) is 21.3 Å². The number of hydrogen-bond donors (Lipinski definition) is 0. The van der Waals surface area contributed by atoms with Gasteiger partial charge in [-0.15, -0.1) is 0 Å². The third-order valence-electron chi connectivity index (χ3n) is 3.56. The Bertz CT molecular complexity index is 371. The molecule has 0 N–H and O–H groups in total. The van der Waals surface area contributed by atoms with E-state index < -0.39 is 33.2 Å². The van der Waals surface area contributed by atoms with Gasteiger partial charge in [0, 0.05) is 21.3 Å². The van der Waals surface area contributed by atoms with Crippen molar-refractivity contribution in [2.24, 2.45) is 0 Å². The minimum atomic E-state index is -3.59. The minimum Gasteiger partial charge on any atom is -0.357 e. The van der Waals surface area contributed by atoms with Gasteiger partial charge in [0.2, 0.25) is 0 Å². The van der Waals surface area contributed by atoms with Crippen molar-refractivity contribution in [2.45, 2.75) is 65.5 Å². The highest BCUT2D eigenvalue weighted by Crippen LogP contribution is 2.35. The van der Waals surface area contributed by atoms with E-state index in [9.17, 15) is 4.79 Å². The largest absolute Gasteiger partial charge is 0.518 e. The molecule has 0 aromatic carbocycles. The standard InChI is InChI=1S/C16H32O7Si/c1-10-15(16(17)11(2)3)24(21-12(4)18-7,22-13(5)19-8)23-14(6)20-9/h12-15H,2,10H2,1,3-9H3. The van der Waals surface area contributed by atoms with Crippen LogP contribution in [0.5, 0.6) is 0 Å². The Morgan fingerprint density at radius 3 is 1.46 bits per heavy atom. The quantitative estimate of drug-likeness (QED) is 0.283. The third kappa shape index (κ3) is 6.71. The van der Waals surface area contributed by atoms with Crippen LogP contribution in [0.15, 0.2) is 12.2 Å². The van der Waals surface area contributed by atoms with Gasteiger partial charge in [-0.1, -0.05) is 13.5 Å². The van der Waals surface area contributed by atoms with E-state index in [4.69, 9.17) is 27.5 Å². The second kappa shape index (κ2) is 11.1. The number of ether oxygens (including phenoxy) is 3. The van der Waals surface area contributed by atoms with Gasteiger partial charge in [-0.25, -0.2) is 0 Å². The maximum Gasteiger partial charge on any atom is 0.518 e. The van der Waals surface area contributed by atoms with Gasteiger partial charge in [0.05, 0.1) is 5.54 Å². The van der Waals surface area contributed by atoms with Crippen LogP contribution in [0.1, 0.15) is 41.0 Å². The van der Waals surface area contributed by atoms with Crippen LogP contribution in [-0.4, -0.2) is 54.8 Å². The van der Waals surface area contributed by atoms with Crippen molar-refractivity contribution in [1.29, 1.82) is 0 Å². The van der Waals surface area contributed by atoms with Crippen molar-refractivity contribution >= 4 is 14.6 Å². The molecule has 0 aliphatic carbocycles. The lowest BCUT2D eigenvalue weighted by atomic mass is 10.1. The predicted molar refractivity (Wildman–Crippen MR) is 92.3 cm³/mol. The summed E-state index contributed by atoms with van der Waals surface area (Å²) in [6.45, 7) is 12.4. The van der Waals surface area contributed by atoms with Crippen LogP contribution < -0.4 is 0 Å². The number of hydrogen-bond acceptors (Lipinski definition) is 7. The zero-order valence-corrected chi connectivity index (χ0v) is 17.1. The number of methoxy groups -OCH3 is 3. The highest BCUT2D eigenvalue weighted by Gasteiger charge is 2.56. The van der Waals surface area contributed by atoms with Gasteiger partial charge in [-0.2, -0.15) is 0 Å². The maximum absolute atomic E-state index is 12.7. The Kier molecular flexibility index (Phi) is 10.8. The van der Waals surface area contributed by atoms with Crippen molar-refractivity contribution in [3.8, 4) is 0 Å².